The second kappa shape index (κ2) is 6.87. The number of nitrogens with two attached hydrogens (primary N) is 1. The van der Waals surface area contributed by atoms with Crippen LogP contribution in [0.25, 0.3) is 0 Å². The van der Waals surface area contributed by atoms with Crippen LogP contribution in [0.5, 0.6) is 0 Å². The summed E-state index contributed by atoms with van der Waals surface area (Å²) in [5.74, 6) is -0.580. The fourth-order valence-corrected chi connectivity index (χ4v) is 2.98. The molecule has 1 aromatic rings. The van der Waals surface area contributed by atoms with Gasteiger partial charge in [-0.1, -0.05) is 0 Å². The van der Waals surface area contributed by atoms with Gasteiger partial charge in [-0.05, 0) is 52.3 Å². The summed E-state index contributed by atoms with van der Waals surface area (Å²) in [7, 11) is -0.830. The Kier molecular flexibility index (Phi) is 5.54. The van der Waals surface area contributed by atoms with Crippen LogP contribution in [0.3, 0.4) is 0 Å². The molecule has 3 rings (SSSR count). The molecule has 2 aliphatic rings. The number of nitrogens with zero attached hydrogens (tertiary/aromatic N) is 1. The highest BCUT2D eigenvalue weighted by atomic mass is 35.5. The molecule has 138 valence electrons. The average Bonchev–Trinajstić information content (AvgIpc) is 3.00. The first-order chi connectivity index (χ1) is 11.1. The van der Waals surface area contributed by atoms with E-state index in [1.54, 1.807) is 4.90 Å². The fourth-order valence-electron chi connectivity index (χ4n) is 2.98. The molecule has 8 heteroatoms. The molecule has 0 saturated carbocycles. The summed E-state index contributed by atoms with van der Waals surface area (Å²) < 4.78 is 26.1. The van der Waals surface area contributed by atoms with Crippen LogP contribution in [-0.2, 0) is 9.31 Å². The Morgan fingerprint density at radius 2 is 1.88 bits per heavy atom. The summed E-state index contributed by atoms with van der Waals surface area (Å²) in [4.78, 5) is 14.3. The monoisotopic (exact) mass is 370 g/mol. The Morgan fingerprint density at radius 3 is 2.40 bits per heavy atom. The van der Waals surface area contributed by atoms with E-state index < -0.39 is 24.1 Å². The lowest BCUT2D eigenvalue weighted by Crippen LogP contribution is -2.41. The Morgan fingerprint density at radius 1 is 1.28 bits per heavy atom. The third kappa shape index (κ3) is 3.70. The standard InChI is InChI=1S/C17H24BFN2O3.ClH/c1-16(2)17(3,4)24-18(23-16)13-9-11(5-6-14(13)19)15(22)21-8-7-12(20)10-21;/h5-6,9,12H,7-8,10,20H2,1-4H3;1H. The van der Waals surface area contributed by atoms with Gasteiger partial charge in [-0.25, -0.2) is 4.39 Å². The summed E-state index contributed by atoms with van der Waals surface area (Å²) in [6.45, 7) is 8.79. The molecule has 1 atom stereocenters. The van der Waals surface area contributed by atoms with Gasteiger partial charge in [-0.15, -0.1) is 12.4 Å². The van der Waals surface area contributed by atoms with Crippen LogP contribution in [0.15, 0.2) is 18.2 Å². The maximum atomic E-state index is 14.3. The minimum atomic E-state index is -0.830. The van der Waals surface area contributed by atoms with Crippen molar-refractivity contribution in [1.82, 2.24) is 4.90 Å². The normalized spacial score (nSPS) is 24.3. The van der Waals surface area contributed by atoms with Gasteiger partial charge in [0.2, 0.25) is 0 Å². The molecule has 2 fully saturated rings. The van der Waals surface area contributed by atoms with Crippen LogP contribution in [0.2, 0.25) is 0 Å². The van der Waals surface area contributed by atoms with Crippen LogP contribution in [-0.4, -0.2) is 48.3 Å². The van der Waals surface area contributed by atoms with Gasteiger partial charge in [-0.2, -0.15) is 0 Å². The number of amides is 1. The van der Waals surface area contributed by atoms with Gasteiger partial charge in [0, 0.05) is 30.2 Å². The summed E-state index contributed by atoms with van der Waals surface area (Å²) in [6.07, 6.45) is 0.789. The molecule has 0 bridgehead atoms. The van der Waals surface area contributed by atoms with E-state index in [0.29, 0.717) is 18.7 Å². The molecule has 25 heavy (non-hydrogen) atoms. The molecule has 2 saturated heterocycles. The SMILES string of the molecule is CC1(C)OB(c2cc(C(=O)N3CCC(N)C3)ccc2F)OC1(C)C.Cl. The Labute approximate surface area is 154 Å². The van der Waals surface area contributed by atoms with Crippen molar-refractivity contribution in [2.24, 2.45) is 5.73 Å². The molecule has 2 aliphatic heterocycles. The third-order valence-corrected chi connectivity index (χ3v) is 5.26. The van der Waals surface area contributed by atoms with Crippen LogP contribution in [0, 0.1) is 5.82 Å². The predicted molar refractivity (Wildman–Crippen MR) is 97.9 cm³/mol. The zero-order chi connectivity index (χ0) is 17.7. The first-order valence-corrected chi connectivity index (χ1v) is 8.31. The van der Waals surface area contributed by atoms with E-state index in [9.17, 15) is 9.18 Å². The Balaban J connectivity index is 0.00000225. The number of rotatable bonds is 2. The van der Waals surface area contributed by atoms with Crippen LogP contribution in [0.1, 0.15) is 44.5 Å². The van der Waals surface area contributed by atoms with E-state index in [1.165, 1.54) is 18.2 Å². The lowest BCUT2D eigenvalue weighted by atomic mass is 9.78. The molecule has 1 aromatic carbocycles. The molecular weight excluding hydrogens is 345 g/mol. The number of halogens is 2. The van der Waals surface area contributed by atoms with Crippen molar-refractivity contribution in [3.63, 3.8) is 0 Å². The molecule has 0 aromatic heterocycles. The number of likely N-dealkylation sites (tertiary alicyclic amines) is 1. The van der Waals surface area contributed by atoms with Crippen molar-refractivity contribution in [2.75, 3.05) is 13.1 Å². The van der Waals surface area contributed by atoms with Gasteiger partial charge in [0.25, 0.3) is 5.91 Å². The van der Waals surface area contributed by atoms with Crippen molar-refractivity contribution >= 4 is 30.9 Å². The third-order valence-electron chi connectivity index (χ3n) is 5.26. The fraction of sp³-hybridized carbons (Fsp3) is 0.588. The first kappa shape index (κ1) is 20.2. The summed E-state index contributed by atoms with van der Waals surface area (Å²) >= 11 is 0. The molecule has 1 amide bonds. The van der Waals surface area contributed by atoms with E-state index in [2.05, 4.69) is 0 Å². The first-order valence-electron chi connectivity index (χ1n) is 8.31. The van der Waals surface area contributed by atoms with Crippen molar-refractivity contribution in [3.05, 3.63) is 29.6 Å². The molecule has 1 unspecified atom stereocenters. The Hall–Kier alpha value is -1.15. The molecule has 0 spiro atoms. The number of hydrogen-bond acceptors (Lipinski definition) is 4. The number of carbonyl (C=O) groups is 1. The van der Waals surface area contributed by atoms with Crippen LogP contribution < -0.4 is 11.2 Å². The number of hydrogen-bond donors (Lipinski definition) is 1. The van der Waals surface area contributed by atoms with Gasteiger partial charge in [0.15, 0.2) is 0 Å². The molecule has 2 N–H and O–H groups in total. The van der Waals surface area contributed by atoms with E-state index in [-0.39, 0.29) is 29.8 Å². The second-order valence-electron chi connectivity index (χ2n) is 7.62. The maximum absolute atomic E-state index is 14.3. The van der Waals surface area contributed by atoms with E-state index in [4.69, 9.17) is 15.0 Å². The van der Waals surface area contributed by atoms with Gasteiger partial charge < -0.3 is 19.9 Å². The smallest absolute Gasteiger partial charge is 0.399 e. The molecule has 0 aliphatic carbocycles. The minimum absolute atomic E-state index is 0. The summed E-state index contributed by atoms with van der Waals surface area (Å²) in [6, 6.07) is 4.33. The maximum Gasteiger partial charge on any atom is 0.497 e. The largest absolute Gasteiger partial charge is 0.497 e. The molecular formula is C17H25BClFN2O3. The molecule has 5 nitrogen and oxygen atoms in total. The van der Waals surface area contributed by atoms with Gasteiger partial charge >= 0.3 is 7.12 Å². The van der Waals surface area contributed by atoms with Crippen molar-refractivity contribution in [3.8, 4) is 0 Å². The predicted octanol–water partition coefficient (Wildman–Crippen LogP) is 1.72. The lowest BCUT2D eigenvalue weighted by Gasteiger charge is -2.32. The Bertz CT molecular complexity index is 655. The van der Waals surface area contributed by atoms with Crippen molar-refractivity contribution < 1.29 is 18.5 Å². The highest BCUT2D eigenvalue weighted by Crippen LogP contribution is 2.36. The van der Waals surface area contributed by atoms with Crippen LogP contribution in [0.4, 0.5) is 4.39 Å². The van der Waals surface area contributed by atoms with E-state index >= 15 is 0 Å². The van der Waals surface area contributed by atoms with E-state index in [1.807, 2.05) is 27.7 Å². The number of carbonyl (C=O) groups excluding carboxylic acids is 1. The van der Waals surface area contributed by atoms with Crippen molar-refractivity contribution in [2.45, 2.75) is 51.4 Å². The van der Waals surface area contributed by atoms with E-state index in [0.717, 1.165) is 6.42 Å². The van der Waals surface area contributed by atoms with Gasteiger partial charge in [-0.3, -0.25) is 4.79 Å². The molecule has 0 radical (unpaired) electrons. The average molecular weight is 371 g/mol. The highest BCUT2D eigenvalue weighted by Gasteiger charge is 2.52. The highest BCUT2D eigenvalue weighted by molar-refractivity contribution is 6.62. The zero-order valence-corrected chi connectivity index (χ0v) is 15.9. The number of benzene rings is 1. The van der Waals surface area contributed by atoms with Crippen molar-refractivity contribution in [1.29, 1.82) is 0 Å². The summed E-state index contributed by atoms with van der Waals surface area (Å²) in [5, 5.41) is 0. The second-order valence-corrected chi connectivity index (χ2v) is 7.62. The quantitative estimate of drug-likeness (QED) is 0.805. The zero-order valence-electron chi connectivity index (χ0n) is 15.0. The lowest BCUT2D eigenvalue weighted by molar-refractivity contribution is 0.00578. The summed E-state index contributed by atoms with van der Waals surface area (Å²) in [5.41, 5.74) is 5.41. The van der Waals surface area contributed by atoms with Gasteiger partial charge in [0.1, 0.15) is 5.82 Å². The van der Waals surface area contributed by atoms with Crippen LogP contribution >= 0.6 is 12.4 Å². The van der Waals surface area contributed by atoms with Gasteiger partial charge in [0.05, 0.1) is 11.2 Å². The topological polar surface area (TPSA) is 64.8 Å². The minimum Gasteiger partial charge on any atom is -0.399 e. The molecule has 2 heterocycles.